The van der Waals surface area contributed by atoms with E-state index < -0.39 is 6.03 Å². The standard InChI is InChI=1S/C24H31N3O5/c1-15-4-5-16-18(10-15)32-23(2,3)17-11-24(14-31-21(16)17)6-8-26(9-7-24)20(29)13-27-19(28)12-25-22(27)30/h4-5,10,17,21H,6-9,11-14H2,1-3H3,(H,25,30)/t17-,21+/m0/s1. The molecule has 4 heterocycles. The van der Waals surface area contributed by atoms with Crippen LogP contribution in [0.4, 0.5) is 4.79 Å². The van der Waals surface area contributed by atoms with Crippen molar-refractivity contribution in [1.29, 1.82) is 0 Å². The normalized spacial score (nSPS) is 28.1. The highest BCUT2D eigenvalue weighted by Gasteiger charge is 2.53. The van der Waals surface area contributed by atoms with Gasteiger partial charge in [-0.1, -0.05) is 12.1 Å². The Hall–Kier alpha value is -2.61. The molecule has 172 valence electrons. The van der Waals surface area contributed by atoms with Gasteiger partial charge in [0.2, 0.25) is 5.91 Å². The van der Waals surface area contributed by atoms with Crippen LogP contribution in [0.2, 0.25) is 0 Å². The number of carbonyl (C=O) groups excluding carboxylic acids is 3. The van der Waals surface area contributed by atoms with E-state index in [0.717, 1.165) is 35.5 Å². The van der Waals surface area contributed by atoms with Crippen molar-refractivity contribution in [3.63, 3.8) is 0 Å². The second-order valence-electron chi connectivity index (χ2n) is 10.3. The molecule has 1 aromatic rings. The van der Waals surface area contributed by atoms with Gasteiger partial charge in [-0.15, -0.1) is 0 Å². The highest BCUT2D eigenvalue weighted by atomic mass is 16.5. The summed E-state index contributed by atoms with van der Waals surface area (Å²) in [7, 11) is 0. The van der Waals surface area contributed by atoms with E-state index in [-0.39, 0.29) is 47.9 Å². The number of likely N-dealkylation sites (tertiary alicyclic amines) is 1. The maximum Gasteiger partial charge on any atom is 0.325 e. The number of nitrogens with one attached hydrogen (secondary N) is 1. The van der Waals surface area contributed by atoms with Gasteiger partial charge in [-0.3, -0.25) is 14.5 Å². The van der Waals surface area contributed by atoms with E-state index >= 15 is 0 Å². The van der Waals surface area contributed by atoms with Gasteiger partial charge in [-0.2, -0.15) is 0 Å². The molecule has 32 heavy (non-hydrogen) atoms. The van der Waals surface area contributed by atoms with Crippen LogP contribution in [0.5, 0.6) is 5.75 Å². The molecule has 4 amide bonds. The lowest BCUT2D eigenvalue weighted by Crippen LogP contribution is -2.55. The van der Waals surface area contributed by atoms with Crippen molar-refractivity contribution >= 4 is 17.8 Å². The van der Waals surface area contributed by atoms with Gasteiger partial charge in [0.15, 0.2) is 0 Å². The third kappa shape index (κ3) is 3.54. The van der Waals surface area contributed by atoms with Crippen molar-refractivity contribution in [3.05, 3.63) is 29.3 Å². The first-order chi connectivity index (χ1) is 15.2. The Bertz CT molecular complexity index is 950. The zero-order valence-corrected chi connectivity index (χ0v) is 19.0. The van der Waals surface area contributed by atoms with E-state index in [1.807, 2.05) is 0 Å². The number of ether oxygens (including phenoxy) is 2. The van der Waals surface area contributed by atoms with Crippen molar-refractivity contribution in [1.82, 2.24) is 15.1 Å². The van der Waals surface area contributed by atoms with Crippen molar-refractivity contribution < 1.29 is 23.9 Å². The lowest BCUT2D eigenvalue weighted by molar-refractivity contribution is -0.176. The molecule has 0 bridgehead atoms. The maximum atomic E-state index is 12.7. The number of urea groups is 1. The Morgan fingerprint density at radius 2 is 1.97 bits per heavy atom. The number of imide groups is 1. The monoisotopic (exact) mass is 441 g/mol. The van der Waals surface area contributed by atoms with Crippen LogP contribution in [0.1, 0.15) is 50.3 Å². The molecule has 2 atom stereocenters. The van der Waals surface area contributed by atoms with Gasteiger partial charge < -0.3 is 19.7 Å². The van der Waals surface area contributed by atoms with E-state index in [1.165, 1.54) is 5.56 Å². The fraction of sp³-hybridized carbons (Fsp3) is 0.625. The number of amides is 4. The minimum absolute atomic E-state index is 0.0155. The fourth-order valence-electron chi connectivity index (χ4n) is 5.69. The number of hydrogen-bond donors (Lipinski definition) is 1. The van der Waals surface area contributed by atoms with Gasteiger partial charge in [0.05, 0.1) is 19.3 Å². The summed E-state index contributed by atoms with van der Waals surface area (Å²) in [5.41, 5.74) is 1.99. The minimum atomic E-state index is -0.487. The molecule has 3 fully saturated rings. The predicted molar refractivity (Wildman–Crippen MR) is 116 cm³/mol. The quantitative estimate of drug-likeness (QED) is 0.712. The Kier molecular flexibility index (Phi) is 4.96. The topological polar surface area (TPSA) is 88.2 Å². The van der Waals surface area contributed by atoms with Crippen LogP contribution < -0.4 is 10.1 Å². The van der Waals surface area contributed by atoms with Crippen LogP contribution in [0.3, 0.4) is 0 Å². The summed E-state index contributed by atoms with van der Waals surface area (Å²) in [4.78, 5) is 39.0. The average Bonchev–Trinajstić information content (AvgIpc) is 3.06. The van der Waals surface area contributed by atoms with Crippen LogP contribution >= 0.6 is 0 Å². The summed E-state index contributed by atoms with van der Waals surface area (Å²) >= 11 is 0. The van der Waals surface area contributed by atoms with Gasteiger partial charge in [0.25, 0.3) is 5.91 Å². The SMILES string of the molecule is Cc1ccc2c(c1)OC(C)(C)[C@H]1CC3(CCN(C(=O)CN4C(=O)CNC4=O)CC3)CO[C@H]21. The molecule has 8 nitrogen and oxygen atoms in total. The third-order valence-electron chi connectivity index (χ3n) is 7.74. The first kappa shape index (κ1) is 21.2. The van der Waals surface area contributed by atoms with Crippen LogP contribution in [-0.2, 0) is 14.3 Å². The van der Waals surface area contributed by atoms with Crippen LogP contribution in [0.15, 0.2) is 18.2 Å². The fourth-order valence-corrected chi connectivity index (χ4v) is 5.69. The maximum absolute atomic E-state index is 12.7. The second kappa shape index (κ2) is 7.47. The van der Waals surface area contributed by atoms with Gasteiger partial charge in [0.1, 0.15) is 17.9 Å². The predicted octanol–water partition coefficient (Wildman–Crippen LogP) is 2.40. The van der Waals surface area contributed by atoms with E-state index in [2.05, 4.69) is 44.3 Å². The number of benzene rings is 1. The zero-order chi connectivity index (χ0) is 22.7. The first-order valence-electron chi connectivity index (χ1n) is 11.4. The summed E-state index contributed by atoms with van der Waals surface area (Å²) in [6, 6.07) is 5.85. The van der Waals surface area contributed by atoms with E-state index in [9.17, 15) is 14.4 Å². The van der Waals surface area contributed by atoms with Crippen molar-refractivity contribution in [2.45, 2.75) is 51.7 Å². The highest BCUT2D eigenvalue weighted by Crippen LogP contribution is 2.55. The summed E-state index contributed by atoms with van der Waals surface area (Å²) in [5.74, 6) is 0.636. The Morgan fingerprint density at radius 1 is 1.22 bits per heavy atom. The Morgan fingerprint density at radius 3 is 2.66 bits per heavy atom. The number of hydrogen-bond acceptors (Lipinski definition) is 5. The molecule has 4 aliphatic heterocycles. The average molecular weight is 442 g/mol. The molecule has 1 aromatic carbocycles. The van der Waals surface area contributed by atoms with Gasteiger partial charge in [0, 0.05) is 24.6 Å². The highest BCUT2D eigenvalue weighted by molar-refractivity contribution is 6.04. The minimum Gasteiger partial charge on any atom is -0.487 e. The summed E-state index contributed by atoms with van der Waals surface area (Å²) in [6.45, 7) is 8.05. The van der Waals surface area contributed by atoms with Gasteiger partial charge in [-0.25, -0.2) is 4.79 Å². The van der Waals surface area contributed by atoms with Crippen LogP contribution in [0, 0.1) is 18.3 Å². The number of piperidine rings is 1. The van der Waals surface area contributed by atoms with E-state index in [4.69, 9.17) is 9.47 Å². The number of nitrogens with zero attached hydrogens (tertiary/aromatic N) is 2. The Balaban J connectivity index is 1.26. The molecule has 0 aromatic heterocycles. The van der Waals surface area contributed by atoms with Crippen molar-refractivity contribution in [2.75, 3.05) is 32.8 Å². The van der Waals surface area contributed by atoms with E-state index in [0.29, 0.717) is 19.7 Å². The molecular weight excluding hydrogens is 410 g/mol. The molecule has 1 spiro atoms. The number of rotatable bonds is 2. The number of carbonyl (C=O) groups is 3. The summed E-state index contributed by atoms with van der Waals surface area (Å²) < 4.78 is 13.0. The molecule has 8 heteroatoms. The first-order valence-corrected chi connectivity index (χ1v) is 11.4. The third-order valence-corrected chi connectivity index (χ3v) is 7.74. The van der Waals surface area contributed by atoms with Crippen molar-refractivity contribution in [3.8, 4) is 5.75 Å². The Labute approximate surface area is 188 Å². The number of aryl methyl sites for hydroxylation is 1. The number of fused-ring (bicyclic) bond motifs is 3. The summed E-state index contributed by atoms with van der Waals surface area (Å²) in [5, 5.41) is 2.46. The van der Waals surface area contributed by atoms with E-state index in [1.54, 1.807) is 4.90 Å². The molecule has 4 aliphatic rings. The zero-order valence-electron chi connectivity index (χ0n) is 19.0. The molecule has 0 radical (unpaired) electrons. The van der Waals surface area contributed by atoms with Crippen LogP contribution in [-0.4, -0.2) is 66.0 Å². The largest absolute Gasteiger partial charge is 0.487 e. The molecule has 0 unspecified atom stereocenters. The van der Waals surface area contributed by atoms with Crippen LogP contribution in [0.25, 0.3) is 0 Å². The van der Waals surface area contributed by atoms with Gasteiger partial charge in [-0.05, 0) is 57.1 Å². The van der Waals surface area contributed by atoms with Gasteiger partial charge >= 0.3 is 6.03 Å². The molecule has 3 saturated heterocycles. The summed E-state index contributed by atoms with van der Waals surface area (Å²) in [6.07, 6.45) is 2.71. The lowest BCUT2D eigenvalue weighted by Gasteiger charge is -2.54. The second-order valence-corrected chi connectivity index (χ2v) is 10.3. The van der Waals surface area contributed by atoms with Crippen molar-refractivity contribution in [2.24, 2.45) is 11.3 Å². The molecular formula is C24H31N3O5. The molecule has 5 rings (SSSR count). The lowest BCUT2D eigenvalue weighted by atomic mass is 9.64. The smallest absolute Gasteiger partial charge is 0.325 e. The molecule has 0 aliphatic carbocycles. The molecule has 1 N–H and O–H groups in total. The molecule has 0 saturated carbocycles.